The summed E-state index contributed by atoms with van der Waals surface area (Å²) in [4.78, 5) is 13.5. The van der Waals surface area contributed by atoms with Gasteiger partial charge < -0.3 is 10.2 Å². The highest BCUT2D eigenvalue weighted by molar-refractivity contribution is 5.85. The molecule has 0 aromatic heterocycles. The summed E-state index contributed by atoms with van der Waals surface area (Å²) in [6.07, 6.45) is 2.24. The molecule has 4 heteroatoms. The zero-order chi connectivity index (χ0) is 7.68. The molecule has 0 saturated carbocycles. The Kier molecular flexibility index (Phi) is 3.35. The minimum Gasteiger partial charge on any atom is -0.342 e. The molecule has 2 aliphatic heterocycles. The number of amides is 1. The van der Waals surface area contributed by atoms with Gasteiger partial charge in [-0.15, -0.1) is 12.4 Å². The van der Waals surface area contributed by atoms with Crippen LogP contribution in [0, 0.1) is 5.92 Å². The van der Waals surface area contributed by atoms with Crippen molar-refractivity contribution < 1.29 is 4.79 Å². The first kappa shape index (κ1) is 9.81. The zero-order valence-electron chi connectivity index (χ0n) is 7.08. The van der Waals surface area contributed by atoms with Crippen LogP contribution in [0.1, 0.15) is 12.8 Å². The first-order valence-electron chi connectivity index (χ1n) is 4.37. The van der Waals surface area contributed by atoms with Crippen LogP contribution in [-0.4, -0.2) is 37.0 Å². The van der Waals surface area contributed by atoms with Crippen molar-refractivity contribution in [1.82, 2.24) is 10.2 Å². The Balaban J connectivity index is 0.000000720. The van der Waals surface area contributed by atoms with Gasteiger partial charge in [-0.25, -0.2) is 0 Å². The number of halogens is 1. The highest BCUT2D eigenvalue weighted by atomic mass is 35.5. The standard InChI is InChI=1S/C8H14N2O.ClH/c11-8(10-4-1-5-10)7-2-3-9-6-7;/h7,9H,1-6H2;1H/t7-;/m0./s1. The molecule has 0 aliphatic carbocycles. The van der Waals surface area contributed by atoms with Crippen LogP contribution in [0.5, 0.6) is 0 Å². The fraction of sp³-hybridized carbons (Fsp3) is 0.875. The van der Waals surface area contributed by atoms with Gasteiger partial charge >= 0.3 is 0 Å². The second-order valence-electron chi connectivity index (χ2n) is 3.37. The van der Waals surface area contributed by atoms with E-state index in [2.05, 4.69) is 5.32 Å². The molecule has 12 heavy (non-hydrogen) atoms. The quantitative estimate of drug-likeness (QED) is 0.643. The number of hydrogen-bond donors (Lipinski definition) is 1. The molecule has 2 heterocycles. The summed E-state index contributed by atoms with van der Waals surface area (Å²) in [5, 5.41) is 3.21. The monoisotopic (exact) mass is 190 g/mol. The molecule has 0 spiro atoms. The molecule has 0 radical (unpaired) electrons. The average Bonchev–Trinajstić information content (AvgIpc) is 2.32. The molecule has 0 aromatic carbocycles. The van der Waals surface area contributed by atoms with Crippen LogP contribution >= 0.6 is 12.4 Å². The molecule has 2 rings (SSSR count). The Bertz CT molecular complexity index is 164. The lowest BCUT2D eigenvalue weighted by molar-refractivity contribution is -0.138. The van der Waals surface area contributed by atoms with Crippen molar-refractivity contribution >= 4 is 18.3 Å². The zero-order valence-corrected chi connectivity index (χ0v) is 7.90. The van der Waals surface area contributed by atoms with Gasteiger partial charge in [-0.2, -0.15) is 0 Å². The summed E-state index contributed by atoms with van der Waals surface area (Å²) < 4.78 is 0. The molecule has 1 amide bonds. The maximum atomic E-state index is 11.5. The summed E-state index contributed by atoms with van der Waals surface area (Å²) in [5.41, 5.74) is 0. The van der Waals surface area contributed by atoms with Gasteiger partial charge in [-0.1, -0.05) is 0 Å². The van der Waals surface area contributed by atoms with Gasteiger partial charge in [-0.3, -0.25) is 4.79 Å². The normalized spacial score (nSPS) is 27.7. The smallest absolute Gasteiger partial charge is 0.227 e. The minimum atomic E-state index is 0. The number of rotatable bonds is 1. The Labute approximate surface area is 78.9 Å². The Morgan fingerprint density at radius 2 is 2.17 bits per heavy atom. The van der Waals surface area contributed by atoms with E-state index in [4.69, 9.17) is 0 Å². The topological polar surface area (TPSA) is 32.3 Å². The molecular weight excluding hydrogens is 176 g/mol. The van der Waals surface area contributed by atoms with Crippen molar-refractivity contribution in [3.8, 4) is 0 Å². The summed E-state index contributed by atoms with van der Waals surface area (Å²) in [5.74, 6) is 0.663. The summed E-state index contributed by atoms with van der Waals surface area (Å²) >= 11 is 0. The van der Waals surface area contributed by atoms with E-state index < -0.39 is 0 Å². The molecule has 0 bridgehead atoms. The average molecular weight is 191 g/mol. The van der Waals surface area contributed by atoms with Crippen molar-refractivity contribution in [2.75, 3.05) is 26.2 Å². The predicted octanol–water partition coefficient (Wildman–Crippen LogP) is 0.250. The second-order valence-corrected chi connectivity index (χ2v) is 3.37. The van der Waals surface area contributed by atoms with Gasteiger partial charge in [0.15, 0.2) is 0 Å². The van der Waals surface area contributed by atoms with Crippen molar-refractivity contribution in [2.45, 2.75) is 12.8 Å². The largest absolute Gasteiger partial charge is 0.342 e. The minimum absolute atomic E-state index is 0. The highest BCUT2D eigenvalue weighted by Crippen LogP contribution is 2.15. The van der Waals surface area contributed by atoms with Crippen molar-refractivity contribution in [1.29, 1.82) is 0 Å². The van der Waals surface area contributed by atoms with Crippen LogP contribution in [0.3, 0.4) is 0 Å². The van der Waals surface area contributed by atoms with E-state index in [1.54, 1.807) is 0 Å². The number of carbonyl (C=O) groups excluding carboxylic acids is 1. The lowest BCUT2D eigenvalue weighted by Crippen LogP contribution is -2.45. The van der Waals surface area contributed by atoms with Crippen LogP contribution in [0.15, 0.2) is 0 Å². The van der Waals surface area contributed by atoms with E-state index in [0.717, 1.165) is 32.6 Å². The molecule has 1 N–H and O–H groups in total. The molecule has 2 fully saturated rings. The predicted molar refractivity (Wildman–Crippen MR) is 49.4 cm³/mol. The van der Waals surface area contributed by atoms with Crippen molar-refractivity contribution in [3.05, 3.63) is 0 Å². The number of nitrogens with one attached hydrogen (secondary N) is 1. The third-order valence-electron chi connectivity index (χ3n) is 2.58. The maximum Gasteiger partial charge on any atom is 0.227 e. The molecule has 0 unspecified atom stereocenters. The van der Waals surface area contributed by atoms with Crippen LogP contribution < -0.4 is 5.32 Å². The van der Waals surface area contributed by atoms with E-state index in [9.17, 15) is 4.79 Å². The van der Waals surface area contributed by atoms with E-state index in [1.807, 2.05) is 4.90 Å². The van der Waals surface area contributed by atoms with Crippen LogP contribution in [0.25, 0.3) is 0 Å². The third-order valence-corrected chi connectivity index (χ3v) is 2.58. The summed E-state index contributed by atoms with van der Waals surface area (Å²) in [7, 11) is 0. The van der Waals surface area contributed by atoms with Crippen LogP contribution in [0.2, 0.25) is 0 Å². The van der Waals surface area contributed by atoms with Gasteiger partial charge in [0.25, 0.3) is 0 Å². The Hall–Kier alpha value is -0.280. The van der Waals surface area contributed by atoms with Gasteiger partial charge in [0.05, 0.1) is 5.92 Å². The highest BCUT2D eigenvalue weighted by Gasteiger charge is 2.29. The molecule has 2 saturated heterocycles. The first-order chi connectivity index (χ1) is 5.38. The molecule has 1 atom stereocenters. The van der Waals surface area contributed by atoms with Crippen LogP contribution in [-0.2, 0) is 4.79 Å². The molecule has 0 aromatic rings. The Morgan fingerprint density at radius 1 is 1.42 bits per heavy atom. The summed E-state index contributed by atoms with van der Waals surface area (Å²) in [6.45, 7) is 3.91. The van der Waals surface area contributed by atoms with Gasteiger partial charge in [0, 0.05) is 19.6 Å². The van der Waals surface area contributed by atoms with Gasteiger partial charge in [0.2, 0.25) is 5.91 Å². The Morgan fingerprint density at radius 3 is 2.58 bits per heavy atom. The number of nitrogens with zero attached hydrogens (tertiary/aromatic N) is 1. The lowest BCUT2D eigenvalue weighted by Gasteiger charge is -2.32. The van der Waals surface area contributed by atoms with E-state index in [-0.39, 0.29) is 18.3 Å². The molecule has 2 aliphatic rings. The fourth-order valence-electron chi connectivity index (χ4n) is 1.66. The molecule has 3 nitrogen and oxygen atoms in total. The SMILES string of the molecule is Cl.O=C([C@H]1CCNC1)N1CCC1. The van der Waals surface area contributed by atoms with Crippen LogP contribution in [0.4, 0.5) is 0 Å². The van der Waals surface area contributed by atoms with Gasteiger partial charge in [0.1, 0.15) is 0 Å². The number of hydrogen-bond acceptors (Lipinski definition) is 2. The second kappa shape index (κ2) is 4.10. The van der Waals surface area contributed by atoms with E-state index in [0.29, 0.717) is 5.91 Å². The van der Waals surface area contributed by atoms with Crippen molar-refractivity contribution in [2.24, 2.45) is 5.92 Å². The van der Waals surface area contributed by atoms with Crippen molar-refractivity contribution in [3.63, 3.8) is 0 Å². The number of likely N-dealkylation sites (tertiary alicyclic amines) is 1. The maximum absolute atomic E-state index is 11.5. The first-order valence-corrected chi connectivity index (χ1v) is 4.37. The molecule has 70 valence electrons. The van der Waals surface area contributed by atoms with E-state index in [1.165, 1.54) is 6.42 Å². The fourth-order valence-corrected chi connectivity index (χ4v) is 1.66. The van der Waals surface area contributed by atoms with Gasteiger partial charge in [-0.05, 0) is 19.4 Å². The van der Waals surface area contributed by atoms with E-state index >= 15 is 0 Å². The molecular formula is C8H15ClN2O. The number of carbonyl (C=O) groups is 1. The third kappa shape index (κ3) is 1.72. The lowest BCUT2D eigenvalue weighted by atomic mass is 10.1. The summed E-state index contributed by atoms with van der Waals surface area (Å²) in [6, 6.07) is 0.